The largest absolute Gasteiger partial charge is 0.481 e. The number of unbranched alkanes of at least 4 members (excludes halogenated alkanes) is 1. The van der Waals surface area contributed by atoms with Crippen LogP contribution < -0.4 is 0 Å². The van der Waals surface area contributed by atoms with Crippen LogP contribution in [0.5, 0.6) is 0 Å². The molecule has 2 aliphatic rings. The Labute approximate surface area is 163 Å². The van der Waals surface area contributed by atoms with E-state index < -0.39 is 17.7 Å². The van der Waals surface area contributed by atoms with Gasteiger partial charge in [0.2, 0.25) is 0 Å². The molecule has 0 amide bonds. The summed E-state index contributed by atoms with van der Waals surface area (Å²) in [6.45, 7) is 5.92. The van der Waals surface area contributed by atoms with Gasteiger partial charge in [-0.3, -0.25) is 4.79 Å². The second-order valence-electron chi connectivity index (χ2n) is 8.75. The average molecular weight is 381 g/mol. The fourth-order valence-corrected chi connectivity index (χ4v) is 4.33. The summed E-state index contributed by atoms with van der Waals surface area (Å²) >= 11 is 0. The molecular formula is C22H36O5. The van der Waals surface area contributed by atoms with Gasteiger partial charge in [0, 0.05) is 18.8 Å². The topological polar surface area (TPSA) is 87.0 Å². The number of rotatable bonds is 10. The molecule has 0 radical (unpaired) electrons. The third kappa shape index (κ3) is 7.05. The van der Waals surface area contributed by atoms with Gasteiger partial charge in [-0.15, -0.1) is 0 Å². The van der Waals surface area contributed by atoms with E-state index in [1.807, 2.05) is 19.1 Å². The fraction of sp³-hybridized carbons (Fsp3) is 0.773. The number of carboxylic acid groups (broad SMARTS) is 1. The van der Waals surface area contributed by atoms with Crippen LogP contribution in [0.4, 0.5) is 0 Å². The van der Waals surface area contributed by atoms with Crippen LogP contribution in [-0.4, -0.2) is 45.2 Å². The Kier molecular flexibility index (Phi) is 8.07. The SMILES string of the molecule is CC(C)=CCCC(C)(O)/C=C/[C@@H]1[C@H]2C[C@H](CCCCC(=O)O)O[C@H]2C[C@H]1O. The summed E-state index contributed by atoms with van der Waals surface area (Å²) in [5.74, 6) is -0.438. The number of allylic oxidation sites excluding steroid dienone is 2. The Bertz CT molecular complexity index is 547. The Morgan fingerprint density at radius 3 is 2.67 bits per heavy atom. The molecule has 1 unspecified atom stereocenters. The second-order valence-corrected chi connectivity index (χ2v) is 8.75. The van der Waals surface area contributed by atoms with E-state index in [9.17, 15) is 15.0 Å². The van der Waals surface area contributed by atoms with Crippen LogP contribution >= 0.6 is 0 Å². The van der Waals surface area contributed by atoms with Gasteiger partial charge in [-0.1, -0.05) is 30.2 Å². The molecule has 2 fully saturated rings. The number of hydrogen-bond acceptors (Lipinski definition) is 4. The predicted molar refractivity (Wildman–Crippen MR) is 105 cm³/mol. The molecule has 0 aromatic rings. The highest BCUT2D eigenvalue weighted by atomic mass is 16.5. The van der Waals surface area contributed by atoms with E-state index >= 15 is 0 Å². The van der Waals surface area contributed by atoms with Gasteiger partial charge in [0.15, 0.2) is 0 Å². The summed E-state index contributed by atoms with van der Waals surface area (Å²) in [7, 11) is 0. The number of carbonyl (C=O) groups is 1. The summed E-state index contributed by atoms with van der Waals surface area (Å²) < 4.78 is 6.10. The first kappa shape index (κ1) is 22.1. The van der Waals surface area contributed by atoms with Crippen molar-refractivity contribution < 1.29 is 24.9 Å². The van der Waals surface area contributed by atoms with Crippen LogP contribution in [0.15, 0.2) is 23.8 Å². The van der Waals surface area contributed by atoms with Crippen molar-refractivity contribution in [3.8, 4) is 0 Å². The van der Waals surface area contributed by atoms with Gasteiger partial charge in [-0.2, -0.15) is 0 Å². The minimum absolute atomic E-state index is 0.0222. The Hall–Kier alpha value is -1.17. The van der Waals surface area contributed by atoms with Crippen molar-refractivity contribution in [2.75, 3.05) is 0 Å². The zero-order valence-electron chi connectivity index (χ0n) is 16.9. The van der Waals surface area contributed by atoms with Gasteiger partial charge in [0.05, 0.1) is 23.9 Å². The first-order valence-corrected chi connectivity index (χ1v) is 10.3. The summed E-state index contributed by atoms with van der Waals surface area (Å²) in [5, 5.41) is 29.7. The smallest absolute Gasteiger partial charge is 0.303 e. The number of hydrogen-bond donors (Lipinski definition) is 3. The van der Waals surface area contributed by atoms with E-state index in [-0.39, 0.29) is 30.5 Å². The number of aliphatic carboxylic acids is 1. The van der Waals surface area contributed by atoms with E-state index in [0.717, 1.165) is 25.7 Å². The fourth-order valence-electron chi connectivity index (χ4n) is 4.33. The minimum atomic E-state index is -0.876. The molecule has 0 aromatic carbocycles. The normalized spacial score (nSPS) is 32.4. The highest BCUT2D eigenvalue weighted by Crippen LogP contribution is 2.45. The van der Waals surface area contributed by atoms with Crippen LogP contribution in [0, 0.1) is 11.8 Å². The molecule has 1 aliphatic heterocycles. The van der Waals surface area contributed by atoms with Crippen molar-refractivity contribution in [3.05, 3.63) is 23.8 Å². The van der Waals surface area contributed by atoms with Gasteiger partial charge >= 0.3 is 5.97 Å². The summed E-state index contributed by atoms with van der Waals surface area (Å²) in [6.07, 6.45) is 11.5. The summed E-state index contributed by atoms with van der Waals surface area (Å²) in [4.78, 5) is 10.6. The summed E-state index contributed by atoms with van der Waals surface area (Å²) in [6, 6.07) is 0. The zero-order chi connectivity index (χ0) is 20.0. The molecule has 5 heteroatoms. The molecule has 5 nitrogen and oxygen atoms in total. The number of aliphatic hydroxyl groups is 2. The Balaban J connectivity index is 1.84. The molecule has 3 N–H and O–H groups in total. The number of ether oxygens (including phenoxy) is 1. The molecule has 2 rings (SSSR count). The molecule has 1 heterocycles. The van der Waals surface area contributed by atoms with Crippen molar-refractivity contribution in [2.45, 2.75) is 96.1 Å². The first-order valence-electron chi connectivity index (χ1n) is 10.3. The monoisotopic (exact) mass is 380 g/mol. The van der Waals surface area contributed by atoms with Gasteiger partial charge in [-0.25, -0.2) is 0 Å². The molecule has 154 valence electrons. The lowest BCUT2D eigenvalue weighted by Crippen LogP contribution is -2.23. The van der Waals surface area contributed by atoms with E-state index in [0.29, 0.717) is 19.3 Å². The van der Waals surface area contributed by atoms with Gasteiger partial charge in [-0.05, 0) is 58.8 Å². The van der Waals surface area contributed by atoms with Crippen LogP contribution in [0.25, 0.3) is 0 Å². The van der Waals surface area contributed by atoms with Crippen molar-refractivity contribution in [2.24, 2.45) is 11.8 Å². The predicted octanol–water partition coefficient (Wildman–Crippen LogP) is 3.84. The van der Waals surface area contributed by atoms with Crippen molar-refractivity contribution >= 4 is 5.97 Å². The van der Waals surface area contributed by atoms with Gasteiger partial charge < -0.3 is 20.1 Å². The number of carboxylic acids is 1. The van der Waals surface area contributed by atoms with Crippen molar-refractivity contribution in [3.63, 3.8) is 0 Å². The maximum absolute atomic E-state index is 10.6. The lowest BCUT2D eigenvalue weighted by molar-refractivity contribution is -0.137. The minimum Gasteiger partial charge on any atom is -0.481 e. The molecule has 27 heavy (non-hydrogen) atoms. The maximum Gasteiger partial charge on any atom is 0.303 e. The highest BCUT2D eigenvalue weighted by molar-refractivity contribution is 5.66. The lowest BCUT2D eigenvalue weighted by Gasteiger charge is -2.22. The number of aliphatic hydroxyl groups excluding tert-OH is 1. The zero-order valence-corrected chi connectivity index (χ0v) is 16.9. The number of fused-ring (bicyclic) bond motifs is 1. The van der Waals surface area contributed by atoms with Crippen LogP contribution in [0.2, 0.25) is 0 Å². The molecule has 0 spiro atoms. The lowest BCUT2D eigenvalue weighted by atomic mass is 9.87. The van der Waals surface area contributed by atoms with Crippen LogP contribution in [-0.2, 0) is 9.53 Å². The van der Waals surface area contributed by atoms with Crippen LogP contribution in [0.1, 0.15) is 72.1 Å². The molecule has 1 saturated carbocycles. The first-order chi connectivity index (χ1) is 12.7. The van der Waals surface area contributed by atoms with E-state index in [1.165, 1.54) is 5.57 Å². The van der Waals surface area contributed by atoms with E-state index in [1.54, 1.807) is 0 Å². The molecule has 0 bridgehead atoms. The standard InChI is InChI=1S/C22H36O5/c1-15(2)7-6-11-22(3,26)12-10-17-18-13-16(8-4-5-9-21(24)25)27-20(18)14-19(17)23/h7,10,12,16-20,23,26H,4-6,8-9,11,13-14H2,1-3H3,(H,24,25)/b12-10+/t16-,17+,18+,19+,20-,22?/m0/s1. The average Bonchev–Trinajstić information content (AvgIpc) is 3.05. The van der Waals surface area contributed by atoms with E-state index in [4.69, 9.17) is 9.84 Å². The van der Waals surface area contributed by atoms with Crippen molar-refractivity contribution in [1.29, 1.82) is 0 Å². The molecule has 1 aliphatic carbocycles. The Morgan fingerprint density at radius 1 is 1.26 bits per heavy atom. The highest BCUT2D eigenvalue weighted by Gasteiger charge is 2.47. The Morgan fingerprint density at radius 2 is 2.00 bits per heavy atom. The van der Waals surface area contributed by atoms with Gasteiger partial charge in [0.1, 0.15) is 0 Å². The third-order valence-corrected chi connectivity index (χ3v) is 5.84. The van der Waals surface area contributed by atoms with Crippen LogP contribution in [0.3, 0.4) is 0 Å². The third-order valence-electron chi connectivity index (χ3n) is 5.84. The molecule has 0 aromatic heterocycles. The molecule has 6 atom stereocenters. The quantitative estimate of drug-likeness (QED) is 0.396. The molecular weight excluding hydrogens is 344 g/mol. The van der Waals surface area contributed by atoms with E-state index in [2.05, 4.69) is 19.9 Å². The summed E-state index contributed by atoms with van der Waals surface area (Å²) in [5.41, 5.74) is 0.376. The van der Waals surface area contributed by atoms with Gasteiger partial charge in [0.25, 0.3) is 0 Å². The molecule has 1 saturated heterocycles. The second kappa shape index (κ2) is 9.85. The van der Waals surface area contributed by atoms with Crippen molar-refractivity contribution in [1.82, 2.24) is 0 Å². The maximum atomic E-state index is 10.6.